The predicted molar refractivity (Wildman–Crippen MR) is 84.4 cm³/mol. The highest BCUT2D eigenvalue weighted by Crippen LogP contribution is 2.39. The Hall–Kier alpha value is -1.07. The van der Waals surface area contributed by atoms with Gasteiger partial charge in [-0.3, -0.25) is 0 Å². The molecule has 5 heteroatoms. The Morgan fingerprint density at radius 1 is 1.05 bits per heavy atom. The van der Waals surface area contributed by atoms with Gasteiger partial charge in [-0.15, -0.1) is 0 Å². The highest BCUT2D eigenvalue weighted by Gasteiger charge is 2.18. The van der Waals surface area contributed by atoms with E-state index < -0.39 is 0 Å². The summed E-state index contributed by atoms with van der Waals surface area (Å²) >= 11 is 6.83. The molecule has 0 aliphatic carbocycles. The number of alkyl halides is 1. The van der Waals surface area contributed by atoms with Gasteiger partial charge >= 0.3 is 0 Å². The summed E-state index contributed by atoms with van der Waals surface area (Å²) < 4.78 is 24.4. The van der Waals surface area contributed by atoms with Gasteiger partial charge in [0.05, 0.1) is 23.5 Å². The first-order valence-corrected chi connectivity index (χ1v) is 7.58. The van der Waals surface area contributed by atoms with Gasteiger partial charge in [0.25, 0.3) is 0 Å². The van der Waals surface area contributed by atoms with E-state index in [0.29, 0.717) is 10.2 Å². The number of benzene rings is 2. The molecule has 0 bridgehead atoms. The first-order valence-electron chi connectivity index (χ1n) is 5.87. The van der Waals surface area contributed by atoms with E-state index in [-0.39, 0.29) is 10.6 Å². The van der Waals surface area contributed by atoms with Crippen molar-refractivity contribution in [3.8, 4) is 11.5 Å². The van der Waals surface area contributed by atoms with Crippen molar-refractivity contribution in [3.63, 3.8) is 0 Å². The van der Waals surface area contributed by atoms with Crippen molar-refractivity contribution in [1.82, 2.24) is 0 Å². The zero-order valence-electron chi connectivity index (χ0n) is 11.0. The van der Waals surface area contributed by atoms with Crippen LogP contribution < -0.4 is 9.47 Å². The smallest absolute Gasteiger partial charge is 0.141 e. The molecule has 2 nitrogen and oxygen atoms in total. The van der Waals surface area contributed by atoms with Crippen molar-refractivity contribution in [2.24, 2.45) is 0 Å². The number of hydrogen-bond donors (Lipinski definition) is 0. The van der Waals surface area contributed by atoms with Gasteiger partial charge in [-0.05, 0) is 39.7 Å². The summed E-state index contributed by atoms with van der Waals surface area (Å²) in [5, 5.41) is 0. The van der Waals surface area contributed by atoms with Crippen molar-refractivity contribution in [2.75, 3.05) is 14.2 Å². The molecule has 0 amide bonds. The minimum atomic E-state index is -0.347. The standard InChI is InChI=1S/C15H13Br2FO2/c1-19-10-5-3-9(4-6-10)15(17)11-7-12(16)13(18)8-14(11)20-2/h3-8,15H,1-2H3. The summed E-state index contributed by atoms with van der Waals surface area (Å²) in [7, 11) is 3.15. The van der Waals surface area contributed by atoms with Crippen molar-refractivity contribution in [3.05, 3.63) is 57.8 Å². The van der Waals surface area contributed by atoms with Crippen LogP contribution in [0, 0.1) is 5.82 Å². The summed E-state index contributed by atoms with van der Waals surface area (Å²) in [6.45, 7) is 0. The third-order valence-corrected chi connectivity index (χ3v) is 4.58. The average Bonchev–Trinajstić information content (AvgIpc) is 2.49. The Morgan fingerprint density at radius 3 is 2.25 bits per heavy atom. The van der Waals surface area contributed by atoms with Gasteiger partial charge in [0.2, 0.25) is 0 Å². The van der Waals surface area contributed by atoms with Crippen LogP contribution in [0.2, 0.25) is 0 Å². The van der Waals surface area contributed by atoms with Gasteiger partial charge in [-0.25, -0.2) is 4.39 Å². The highest BCUT2D eigenvalue weighted by atomic mass is 79.9. The van der Waals surface area contributed by atoms with Gasteiger partial charge < -0.3 is 9.47 Å². The minimum Gasteiger partial charge on any atom is -0.497 e. The first kappa shape index (κ1) is 15.3. The summed E-state index contributed by atoms with van der Waals surface area (Å²) in [4.78, 5) is -0.0970. The molecule has 1 unspecified atom stereocenters. The fourth-order valence-electron chi connectivity index (χ4n) is 1.87. The molecule has 0 aromatic heterocycles. The molecule has 0 saturated carbocycles. The molecule has 0 N–H and O–H groups in total. The fraction of sp³-hybridized carbons (Fsp3) is 0.200. The third kappa shape index (κ3) is 3.15. The lowest BCUT2D eigenvalue weighted by atomic mass is 10.0. The van der Waals surface area contributed by atoms with Crippen LogP contribution in [-0.4, -0.2) is 14.2 Å². The molecule has 0 radical (unpaired) electrons. The van der Waals surface area contributed by atoms with E-state index in [1.807, 2.05) is 24.3 Å². The van der Waals surface area contributed by atoms with E-state index in [2.05, 4.69) is 31.9 Å². The second-order valence-corrected chi connectivity index (χ2v) is 5.91. The Labute approximate surface area is 134 Å². The molecule has 0 heterocycles. The maximum absolute atomic E-state index is 13.6. The molecule has 1 atom stereocenters. The third-order valence-electron chi connectivity index (χ3n) is 2.95. The Balaban J connectivity index is 2.41. The highest BCUT2D eigenvalue weighted by molar-refractivity contribution is 9.10. The average molecular weight is 404 g/mol. The topological polar surface area (TPSA) is 18.5 Å². The molecule has 2 aromatic carbocycles. The largest absolute Gasteiger partial charge is 0.497 e. The van der Waals surface area contributed by atoms with E-state index >= 15 is 0 Å². The van der Waals surface area contributed by atoms with Gasteiger partial charge in [0.15, 0.2) is 0 Å². The fourth-order valence-corrected chi connectivity index (χ4v) is 2.90. The van der Waals surface area contributed by atoms with Gasteiger partial charge in [-0.2, -0.15) is 0 Å². The van der Waals surface area contributed by atoms with Crippen molar-refractivity contribution in [2.45, 2.75) is 4.83 Å². The zero-order chi connectivity index (χ0) is 14.7. The number of methoxy groups -OCH3 is 2. The van der Waals surface area contributed by atoms with Crippen LogP contribution in [0.1, 0.15) is 16.0 Å². The van der Waals surface area contributed by atoms with Crippen LogP contribution in [0.5, 0.6) is 11.5 Å². The maximum Gasteiger partial charge on any atom is 0.141 e. The first-order chi connectivity index (χ1) is 9.56. The number of ether oxygens (including phenoxy) is 2. The molecule has 0 aliphatic rings. The van der Waals surface area contributed by atoms with E-state index in [0.717, 1.165) is 16.9 Å². The van der Waals surface area contributed by atoms with Gasteiger partial charge in [0, 0.05) is 11.6 Å². The van der Waals surface area contributed by atoms with E-state index in [1.54, 1.807) is 13.2 Å². The van der Waals surface area contributed by atoms with Crippen molar-refractivity contribution >= 4 is 31.9 Å². The predicted octanol–water partition coefficient (Wildman–Crippen LogP) is 5.09. The van der Waals surface area contributed by atoms with Crippen molar-refractivity contribution < 1.29 is 13.9 Å². The van der Waals surface area contributed by atoms with Crippen LogP contribution in [0.3, 0.4) is 0 Å². The van der Waals surface area contributed by atoms with Gasteiger partial charge in [0.1, 0.15) is 17.3 Å². The van der Waals surface area contributed by atoms with Gasteiger partial charge in [-0.1, -0.05) is 28.1 Å². The normalized spacial score (nSPS) is 12.1. The second-order valence-electron chi connectivity index (χ2n) is 4.14. The molecule has 0 spiro atoms. The molecule has 0 aliphatic heterocycles. The van der Waals surface area contributed by atoms with E-state index in [1.165, 1.54) is 13.2 Å². The SMILES string of the molecule is COc1ccc(C(Br)c2cc(Br)c(F)cc2OC)cc1. The molecule has 0 fully saturated rings. The van der Waals surface area contributed by atoms with Crippen molar-refractivity contribution in [1.29, 1.82) is 0 Å². The maximum atomic E-state index is 13.6. The van der Waals surface area contributed by atoms with Crippen LogP contribution >= 0.6 is 31.9 Å². The Kier molecular flexibility index (Phi) is 5.05. The van der Waals surface area contributed by atoms with E-state index in [9.17, 15) is 4.39 Å². The molecule has 106 valence electrons. The number of hydrogen-bond acceptors (Lipinski definition) is 2. The molecule has 20 heavy (non-hydrogen) atoms. The summed E-state index contributed by atoms with van der Waals surface area (Å²) in [6.07, 6.45) is 0. The second kappa shape index (κ2) is 6.59. The molecule has 0 saturated heterocycles. The lowest BCUT2D eigenvalue weighted by Crippen LogP contribution is -1.99. The van der Waals surface area contributed by atoms with Crippen LogP contribution in [0.25, 0.3) is 0 Å². The molecule has 2 rings (SSSR count). The Bertz CT molecular complexity index is 600. The molecular weight excluding hydrogens is 391 g/mol. The summed E-state index contributed by atoms with van der Waals surface area (Å²) in [5.41, 5.74) is 1.88. The lowest BCUT2D eigenvalue weighted by molar-refractivity contribution is 0.406. The quantitative estimate of drug-likeness (QED) is 0.662. The molecular formula is C15H13Br2FO2. The number of rotatable bonds is 4. The minimum absolute atomic E-state index is 0.0970. The lowest BCUT2D eigenvalue weighted by Gasteiger charge is -2.16. The number of halogens is 3. The summed E-state index contributed by atoms with van der Waals surface area (Å²) in [6, 6.07) is 10.8. The van der Waals surface area contributed by atoms with Crippen LogP contribution in [0.4, 0.5) is 4.39 Å². The van der Waals surface area contributed by atoms with E-state index in [4.69, 9.17) is 9.47 Å². The summed E-state index contributed by atoms with van der Waals surface area (Å²) in [5.74, 6) is 0.948. The van der Waals surface area contributed by atoms with Crippen LogP contribution in [-0.2, 0) is 0 Å². The monoisotopic (exact) mass is 402 g/mol. The Morgan fingerprint density at radius 2 is 1.70 bits per heavy atom. The zero-order valence-corrected chi connectivity index (χ0v) is 14.2. The van der Waals surface area contributed by atoms with Crippen LogP contribution in [0.15, 0.2) is 40.9 Å². The molecule has 2 aromatic rings.